The number of nitrogens with zero attached hydrogens (tertiary/aromatic N) is 3. The van der Waals surface area contributed by atoms with Crippen molar-refractivity contribution in [3.63, 3.8) is 0 Å². The van der Waals surface area contributed by atoms with Gasteiger partial charge in [0.1, 0.15) is 0 Å². The van der Waals surface area contributed by atoms with Crippen LogP contribution in [0.1, 0.15) is 71.9 Å². The lowest BCUT2D eigenvalue weighted by molar-refractivity contribution is -0.231. The van der Waals surface area contributed by atoms with Gasteiger partial charge in [0.15, 0.2) is 19.7 Å². The number of aromatic nitrogens is 2. The Kier molecular flexibility index (Phi) is 12.6. The summed E-state index contributed by atoms with van der Waals surface area (Å²) >= 11 is 0. The number of hydrogen-bond donors (Lipinski definition) is 1. The van der Waals surface area contributed by atoms with E-state index < -0.39 is 42.6 Å². The van der Waals surface area contributed by atoms with Gasteiger partial charge in [0, 0.05) is 29.2 Å². The second kappa shape index (κ2) is 16.1. The zero-order chi connectivity index (χ0) is 36.0. The molecule has 1 amide bonds. The third-order valence-electron chi connectivity index (χ3n) is 8.33. The van der Waals surface area contributed by atoms with Gasteiger partial charge >= 0.3 is 0 Å². The Morgan fingerprint density at radius 1 is 0.816 bits per heavy atom. The topological polar surface area (TPSA) is 150 Å². The minimum Gasteiger partial charge on any atom is -0.327 e. The fourth-order valence-electron chi connectivity index (χ4n) is 6.32. The van der Waals surface area contributed by atoms with Crippen LogP contribution in [0.15, 0.2) is 73.1 Å². The van der Waals surface area contributed by atoms with Gasteiger partial charge in [-0.25, -0.2) is 21.9 Å². The summed E-state index contributed by atoms with van der Waals surface area (Å²) in [5, 5.41) is 1.86. The van der Waals surface area contributed by atoms with Crippen molar-refractivity contribution < 1.29 is 26.5 Å². The molecule has 0 aliphatic heterocycles. The molecule has 2 aromatic heterocycles. The van der Waals surface area contributed by atoms with E-state index in [9.17, 15) is 21.6 Å². The molecule has 4 rings (SSSR count). The van der Waals surface area contributed by atoms with Crippen LogP contribution in [0.25, 0.3) is 21.8 Å². The molecule has 3 unspecified atom stereocenters. The highest BCUT2D eigenvalue weighted by molar-refractivity contribution is 7.91. The normalized spacial score (nSPS) is 15.3. The number of hydroxylamine groups is 2. The zero-order valence-electron chi connectivity index (χ0n) is 29.3. The minimum atomic E-state index is -3.78. The fourth-order valence-corrected chi connectivity index (χ4v) is 10.1. The highest BCUT2D eigenvalue weighted by Crippen LogP contribution is 2.28. The molecular weight excluding hydrogens is 661 g/mol. The van der Waals surface area contributed by atoms with E-state index in [1.165, 1.54) is 0 Å². The average Bonchev–Trinajstić information content (AvgIpc) is 3.00. The van der Waals surface area contributed by atoms with E-state index in [-0.39, 0.29) is 41.9 Å². The van der Waals surface area contributed by atoms with Crippen LogP contribution in [0, 0.1) is 11.8 Å². The highest BCUT2D eigenvalue weighted by Gasteiger charge is 2.36. The molecule has 12 heteroatoms. The molecule has 0 saturated carbocycles. The Labute approximate surface area is 291 Å². The Balaban J connectivity index is 1.58. The van der Waals surface area contributed by atoms with Crippen LogP contribution in [0.3, 0.4) is 0 Å². The molecule has 0 radical (unpaired) electrons. The van der Waals surface area contributed by atoms with Crippen LogP contribution in [0.4, 0.5) is 0 Å². The van der Waals surface area contributed by atoms with Crippen LogP contribution in [-0.4, -0.2) is 67.0 Å². The van der Waals surface area contributed by atoms with Crippen LogP contribution in [-0.2, 0) is 40.8 Å². The van der Waals surface area contributed by atoms with E-state index >= 15 is 0 Å². The summed E-state index contributed by atoms with van der Waals surface area (Å²) in [6.07, 6.45) is 4.51. The molecule has 0 spiro atoms. The van der Waals surface area contributed by atoms with Crippen molar-refractivity contribution in [3.8, 4) is 0 Å². The number of amides is 1. The zero-order valence-corrected chi connectivity index (χ0v) is 31.0. The predicted molar refractivity (Wildman–Crippen MR) is 196 cm³/mol. The maximum Gasteiger partial charge on any atom is 0.233 e. The van der Waals surface area contributed by atoms with Gasteiger partial charge in [0.25, 0.3) is 0 Å². The number of carbonyl (C=O) groups is 1. The SMILES string of the molecule is CC(C)C[C@H](N)C(CC(C)CC(CS(=O)(=O)Cc1cnc2ccccc2c1)N(C=O)OC(C)(C)C)S(=O)(=O)Cc1cnc2ccccc2c1. The number of fused-ring (bicyclic) bond motifs is 2. The molecule has 2 heterocycles. The van der Waals surface area contributed by atoms with Crippen LogP contribution in [0.2, 0.25) is 0 Å². The first-order valence-corrected chi connectivity index (χ1v) is 20.3. The third-order valence-corrected chi connectivity index (χ3v) is 12.2. The summed E-state index contributed by atoms with van der Waals surface area (Å²) in [5.41, 5.74) is 8.50. The first-order chi connectivity index (χ1) is 22.9. The van der Waals surface area contributed by atoms with Gasteiger partial charge < -0.3 is 5.73 Å². The smallest absolute Gasteiger partial charge is 0.233 e. The van der Waals surface area contributed by atoms with Crippen LogP contribution >= 0.6 is 0 Å². The van der Waals surface area contributed by atoms with E-state index in [1.54, 1.807) is 39.2 Å². The Bertz CT molecular complexity index is 1940. The maximum atomic E-state index is 14.1. The number of sulfone groups is 2. The summed E-state index contributed by atoms with van der Waals surface area (Å²) < 4.78 is 55.5. The molecular formula is C37H50N4O6S2. The van der Waals surface area contributed by atoms with Gasteiger partial charge in [-0.1, -0.05) is 57.2 Å². The second-order valence-corrected chi connectivity index (χ2v) is 19.0. The number of carbonyl (C=O) groups excluding carboxylic acids is 1. The standard InChI is InChI=1S/C37H50N4O6S2/c1-26(2)15-33(38)36(49(45,46)23-29-19-31-12-8-10-14-35(31)40-21-29)17-27(3)16-32(41(25-42)47-37(4,5)6)24-48(43,44)22-28-18-30-11-7-9-13-34(30)39-20-28/h7-14,18-21,25-27,32-33,36H,15-17,22-24,38H2,1-6H3/t27?,32?,33-,36?/m0/s1. The summed E-state index contributed by atoms with van der Waals surface area (Å²) in [5.74, 6) is -1.04. The molecule has 10 nitrogen and oxygen atoms in total. The molecule has 4 atom stereocenters. The fraction of sp³-hybridized carbons (Fsp3) is 0.486. The molecule has 0 aliphatic carbocycles. The predicted octanol–water partition coefficient (Wildman–Crippen LogP) is 6.03. The number of nitrogens with two attached hydrogens (primary N) is 1. The lowest BCUT2D eigenvalue weighted by atomic mass is 9.92. The molecule has 4 aromatic rings. The molecule has 266 valence electrons. The molecule has 0 aliphatic rings. The van der Waals surface area contributed by atoms with Crippen molar-refractivity contribution in [1.29, 1.82) is 0 Å². The minimum absolute atomic E-state index is 0.165. The molecule has 0 bridgehead atoms. The molecule has 0 fully saturated rings. The van der Waals surface area contributed by atoms with Crippen LogP contribution < -0.4 is 5.73 Å². The van der Waals surface area contributed by atoms with Crippen molar-refractivity contribution in [2.24, 2.45) is 17.6 Å². The van der Waals surface area contributed by atoms with Crippen molar-refractivity contribution >= 4 is 47.9 Å². The first-order valence-electron chi connectivity index (χ1n) is 16.7. The maximum absolute atomic E-state index is 14.1. The largest absolute Gasteiger partial charge is 0.327 e. The molecule has 2 aromatic carbocycles. The van der Waals surface area contributed by atoms with Gasteiger partial charge in [-0.05, 0) is 87.3 Å². The summed E-state index contributed by atoms with van der Waals surface area (Å²) in [7, 11) is -7.55. The van der Waals surface area contributed by atoms with Crippen molar-refractivity contribution in [2.75, 3.05) is 5.75 Å². The van der Waals surface area contributed by atoms with Crippen molar-refractivity contribution in [1.82, 2.24) is 15.0 Å². The second-order valence-electron chi connectivity index (χ2n) is 14.7. The number of hydrogen-bond acceptors (Lipinski definition) is 9. The van der Waals surface area contributed by atoms with Gasteiger partial charge in [-0.2, -0.15) is 0 Å². The van der Waals surface area contributed by atoms with E-state index in [0.717, 1.165) is 26.9 Å². The van der Waals surface area contributed by atoms with E-state index in [0.29, 0.717) is 24.0 Å². The highest BCUT2D eigenvalue weighted by atomic mass is 32.2. The van der Waals surface area contributed by atoms with Gasteiger partial charge in [0.05, 0.1) is 45.2 Å². The van der Waals surface area contributed by atoms with Crippen molar-refractivity contribution in [3.05, 3.63) is 84.2 Å². The lowest BCUT2D eigenvalue weighted by Gasteiger charge is -2.35. The summed E-state index contributed by atoms with van der Waals surface area (Å²) in [6, 6.07) is 17.1. The summed E-state index contributed by atoms with van der Waals surface area (Å²) in [4.78, 5) is 27.2. The van der Waals surface area contributed by atoms with Gasteiger partial charge in [0.2, 0.25) is 6.41 Å². The number of rotatable bonds is 17. The first kappa shape index (κ1) is 38.4. The number of para-hydroxylation sites is 2. The number of benzene rings is 2. The van der Waals surface area contributed by atoms with E-state index in [2.05, 4.69) is 9.97 Å². The number of pyridine rings is 2. The Morgan fingerprint density at radius 3 is 1.86 bits per heavy atom. The molecule has 2 N–H and O–H groups in total. The van der Waals surface area contributed by atoms with E-state index in [1.807, 2.05) is 75.4 Å². The Morgan fingerprint density at radius 2 is 1.35 bits per heavy atom. The molecule has 0 saturated heterocycles. The van der Waals surface area contributed by atoms with Crippen LogP contribution in [0.5, 0.6) is 0 Å². The Hall–Kier alpha value is -3.45. The van der Waals surface area contributed by atoms with E-state index in [4.69, 9.17) is 10.6 Å². The quantitative estimate of drug-likeness (QED) is 0.102. The monoisotopic (exact) mass is 710 g/mol. The third kappa shape index (κ3) is 11.3. The van der Waals surface area contributed by atoms with Gasteiger partial charge in [-0.15, -0.1) is 0 Å². The average molecular weight is 711 g/mol. The summed E-state index contributed by atoms with van der Waals surface area (Å²) in [6.45, 7) is 11.2. The van der Waals surface area contributed by atoms with Crippen molar-refractivity contribution in [2.45, 2.75) is 95.2 Å². The molecule has 49 heavy (non-hydrogen) atoms. The lowest BCUT2D eigenvalue weighted by Crippen LogP contribution is -2.46. The van der Waals surface area contributed by atoms with Gasteiger partial charge in [-0.3, -0.25) is 19.6 Å².